The van der Waals surface area contributed by atoms with Crippen LogP contribution in [0.15, 0.2) is 0 Å². The molecule has 0 amide bonds. The first-order valence-electron chi connectivity index (χ1n) is 5.62. The molecule has 2 unspecified atom stereocenters. The zero-order valence-electron chi connectivity index (χ0n) is 10.5. The van der Waals surface area contributed by atoms with Gasteiger partial charge in [-0.1, -0.05) is 0 Å². The molecule has 100 valence electrons. The summed E-state index contributed by atoms with van der Waals surface area (Å²) in [7, 11) is 0. The van der Waals surface area contributed by atoms with Gasteiger partial charge in [0.25, 0.3) is 0 Å². The number of hydrogen-bond acceptors (Lipinski definition) is 4. The molecule has 1 saturated heterocycles. The first-order valence-corrected chi connectivity index (χ1v) is 5.62. The molecule has 1 heterocycles. The second-order valence-electron chi connectivity index (χ2n) is 5.13. The molecule has 0 spiro atoms. The number of nitrogens with zero attached hydrogens (tertiary/aromatic N) is 1. The van der Waals surface area contributed by atoms with Crippen LogP contribution in [-0.2, 0) is 14.3 Å². The van der Waals surface area contributed by atoms with E-state index < -0.39 is 12.3 Å². The van der Waals surface area contributed by atoms with Crippen molar-refractivity contribution in [1.29, 1.82) is 0 Å². The number of carbonyl (C=O) groups is 1. The summed E-state index contributed by atoms with van der Waals surface area (Å²) in [6.45, 7) is 6.24. The van der Waals surface area contributed by atoms with Crippen molar-refractivity contribution in [2.24, 2.45) is 0 Å². The Balaban J connectivity index is 2.52. The van der Waals surface area contributed by atoms with E-state index in [1.165, 1.54) is 0 Å². The third kappa shape index (κ3) is 4.57. The maximum Gasteiger partial charge on any atom is 0.329 e. The van der Waals surface area contributed by atoms with Crippen LogP contribution in [0.4, 0.5) is 4.39 Å². The van der Waals surface area contributed by atoms with E-state index in [2.05, 4.69) is 0 Å². The van der Waals surface area contributed by atoms with Gasteiger partial charge in [-0.25, -0.2) is 9.18 Å². The highest BCUT2D eigenvalue weighted by atomic mass is 19.1. The summed E-state index contributed by atoms with van der Waals surface area (Å²) in [5, 5.41) is 8.48. The van der Waals surface area contributed by atoms with E-state index in [0.29, 0.717) is 0 Å². The number of ether oxygens (including phenoxy) is 2. The number of morpholine rings is 1. The van der Waals surface area contributed by atoms with E-state index >= 15 is 0 Å². The van der Waals surface area contributed by atoms with Gasteiger partial charge in [-0.05, 0) is 20.8 Å². The largest absolute Gasteiger partial charge is 0.480 e. The Kier molecular flexibility index (Phi) is 4.85. The molecule has 1 rings (SSSR count). The molecule has 5 nitrogen and oxygen atoms in total. The summed E-state index contributed by atoms with van der Waals surface area (Å²) in [6.07, 6.45) is -1.29. The molecule has 0 aliphatic carbocycles. The first kappa shape index (κ1) is 14.3. The molecule has 6 heteroatoms. The SMILES string of the molecule is CC(C)(C)N1CC(F)OCC1COCC(=O)O. The van der Waals surface area contributed by atoms with Crippen molar-refractivity contribution in [3.63, 3.8) is 0 Å². The topological polar surface area (TPSA) is 59.0 Å². The summed E-state index contributed by atoms with van der Waals surface area (Å²) in [4.78, 5) is 12.3. The molecule has 0 aromatic rings. The number of halogens is 1. The van der Waals surface area contributed by atoms with Crippen molar-refractivity contribution in [2.45, 2.75) is 38.7 Å². The highest BCUT2D eigenvalue weighted by Gasteiger charge is 2.35. The average molecular weight is 249 g/mol. The van der Waals surface area contributed by atoms with E-state index in [4.69, 9.17) is 14.6 Å². The number of alkyl halides is 1. The molecule has 0 radical (unpaired) electrons. The van der Waals surface area contributed by atoms with Crippen LogP contribution in [-0.4, -0.2) is 60.3 Å². The van der Waals surface area contributed by atoms with Gasteiger partial charge in [0.05, 0.1) is 25.8 Å². The Labute approximate surface area is 100 Å². The van der Waals surface area contributed by atoms with Gasteiger partial charge in [0.1, 0.15) is 6.61 Å². The van der Waals surface area contributed by atoms with Gasteiger partial charge in [-0.2, -0.15) is 0 Å². The van der Waals surface area contributed by atoms with Gasteiger partial charge in [-0.15, -0.1) is 0 Å². The van der Waals surface area contributed by atoms with Gasteiger partial charge >= 0.3 is 5.97 Å². The predicted octanol–water partition coefficient (Wildman–Crippen LogP) is 0.883. The molecule has 1 aliphatic rings. The molecule has 0 saturated carbocycles. The van der Waals surface area contributed by atoms with Crippen LogP contribution in [0.2, 0.25) is 0 Å². The lowest BCUT2D eigenvalue weighted by atomic mass is 10.0. The van der Waals surface area contributed by atoms with E-state index in [9.17, 15) is 9.18 Å². The molecule has 0 aromatic carbocycles. The van der Waals surface area contributed by atoms with E-state index in [-0.39, 0.29) is 37.9 Å². The van der Waals surface area contributed by atoms with Crippen LogP contribution in [0.1, 0.15) is 20.8 Å². The number of carboxylic acids is 1. The van der Waals surface area contributed by atoms with Crippen LogP contribution in [0.5, 0.6) is 0 Å². The minimum absolute atomic E-state index is 0.110. The lowest BCUT2D eigenvalue weighted by Crippen LogP contribution is -2.58. The van der Waals surface area contributed by atoms with Crippen molar-refractivity contribution in [3.8, 4) is 0 Å². The van der Waals surface area contributed by atoms with Crippen LogP contribution in [0, 0.1) is 0 Å². The lowest BCUT2D eigenvalue weighted by Gasteiger charge is -2.45. The lowest BCUT2D eigenvalue weighted by molar-refractivity contribution is -0.162. The molecule has 0 aromatic heterocycles. The fourth-order valence-electron chi connectivity index (χ4n) is 1.90. The average Bonchev–Trinajstić information content (AvgIpc) is 2.18. The third-order valence-corrected chi connectivity index (χ3v) is 2.65. The second-order valence-corrected chi connectivity index (χ2v) is 5.13. The van der Waals surface area contributed by atoms with E-state index in [1.807, 2.05) is 25.7 Å². The normalized spacial score (nSPS) is 27.1. The fourth-order valence-corrected chi connectivity index (χ4v) is 1.90. The Morgan fingerprint density at radius 1 is 1.59 bits per heavy atom. The minimum Gasteiger partial charge on any atom is -0.480 e. The summed E-state index contributed by atoms with van der Waals surface area (Å²) in [5.74, 6) is -1.01. The molecule has 1 aliphatic heterocycles. The zero-order valence-corrected chi connectivity index (χ0v) is 10.5. The van der Waals surface area contributed by atoms with Crippen LogP contribution in [0.3, 0.4) is 0 Å². The summed E-state index contributed by atoms with van der Waals surface area (Å²) in [5.41, 5.74) is -0.203. The van der Waals surface area contributed by atoms with Gasteiger partial charge in [0, 0.05) is 5.54 Å². The number of aliphatic carboxylic acids is 1. The van der Waals surface area contributed by atoms with Gasteiger partial charge < -0.3 is 14.6 Å². The zero-order chi connectivity index (χ0) is 13.1. The summed E-state index contributed by atoms with van der Waals surface area (Å²) >= 11 is 0. The number of carboxylic acid groups (broad SMARTS) is 1. The highest BCUT2D eigenvalue weighted by Crippen LogP contribution is 2.23. The van der Waals surface area contributed by atoms with Gasteiger partial charge in [0.2, 0.25) is 6.36 Å². The number of rotatable bonds is 4. The monoisotopic (exact) mass is 249 g/mol. The van der Waals surface area contributed by atoms with Gasteiger partial charge in [-0.3, -0.25) is 4.90 Å². The Morgan fingerprint density at radius 3 is 2.76 bits per heavy atom. The van der Waals surface area contributed by atoms with Crippen LogP contribution < -0.4 is 0 Å². The number of hydrogen-bond donors (Lipinski definition) is 1. The Morgan fingerprint density at radius 2 is 2.24 bits per heavy atom. The third-order valence-electron chi connectivity index (χ3n) is 2.65. The molecule has 2 atom stereocenters. The Hall–Kier alpha value is -0.720. The fraction of sp³-hybridized carbons (Fsp3) is 0.909. The van der Waals surface area contributed by atoms with Crippen LogP contribution in [0.25, 0.3) is 0 Å². The molecule has 17 heavy (non-hydrogen) atoms. The Bertz CT molecular complexity index is 267. The van der Waals surface area contributed by atoms with E-state index in [0.717, 1.165) is 0 Å². The van der Waals surface area contributed by atoms with Crippen molar-refractivity contribution >= 4 is 5.97 Å². The highest BCUT2D eigenvalue weighted by molar-refractivity contribution is 5.67. The molecular formula is C11H20FNO4. The van der Waals surface area contributed by atoms with Crippen molar-refractivity contribution in [1.82, 2.24) is 4.90 Å². The first-order chi connectivity index (χ1) is 7.80. The van der Waals surface area contributed by atoms with Gasteiger partial charge in [0.15, 0.2) is 0 Å². The van der Waals surface area contributed by atoms with Crippen molar-refractivity contribution in [2.75, 3.05) is 26.4 Å². The molecule has 1 fully saturated rings. The van der Waals surface area contributed by atoms with Crippen LogP contribution >= 0.6 is 0 Å². The second kappa shape index (κ2) is 5.75. The standard InChI is InChI=1S/C11H20FNO4/c1-11(2,3)13-4-9(12)17-6-8(13)5-16-7-10(14)15/h8-9H,4-7H2,1-3H3,(H,14,15). The minimum atomic E-state index is -1.29. The molecule has 1 N–H and O–H groups in total. The smallest absolute Gasteiger partial charge is 0.329 e. The molecule has 0 bridgehead atoms. The van der Waals surface area contributed by atoms with E-state index in [1.54, 1.807) is 0 Å². The molecular weight excluding hydrogens is 229 g/mol. The quantitative estimate of drug-likeness (QED) is 0.801. The van der Waals surface area contributed by atoms with Crippen molar-refractivity contribution < 1.29 is 23.8 Å². The summed E-state index contributed by atoms with van der Waals surface area (Å²) in [6, 6.07) is -0.110. The maximum atomic E-state index is 13.2. The van der Waals surface area contributed by atoms with Crippen molar-refractivity contribution in [3.05, 3.63) is 0 Å². The maximum absolute atomic E-state index is 13.2. The summed E-state index contributed by atoms with van der Waals surface area (Å²) < 4.78 is 23.2. The predicted molar refractivity (Wildman–Crippen MR) is 59.5 cm³/mol.